The number of hydrogen-bond acceptors (Lipinski definition) is 3. The lowest BCUT2D eigenvalue weighted by Gasteiger charge is -2.20. The fourth-order valence-electron chi connectivity index (χ4n) is 2.29. The Balaban J connectivity index is 1.72. The zero-order valence-electron chi connectivity index (χ0n) is 12.7. The van der Waals surface area contributed by atoms with Crippen molar-refractivity contribution < 1.29 is 4.74 Å². The number of ether oxygens (including phenoxy) is 1. The van der Waals surface area contributed by atoms with Crippen LogP contribution in [0.5, 0.6) is 5.75 Å². The van der Waals surface area contributed by atoms with E-state index in [1.165, 1.54) is 5.56 Å². The fourth-order valence-corrected chi connectivity index (χ4v) is 2.29. The minimum atomic E-state index is 0.747. The molecule has 0 aliphatic rings. The van der Waals surface area contributed by atoms with Crippen LogP contribution in [0, 0.1) is 0 Å². The average Bonchev–Trinajstić information content (AvgIpc) is 2.51. The topological polar surface area (TPSA) is 38.5 Å². The van der Waals surface area contributed by atoms with E-state index in [4.69, 9.17) is 10.5 Å². The third-order valence-electron chi connectivity index (χ3n) is 3.44. The van der Waals surface area contributed by atoms with Crippen LogP contribution < -0.4 is 10.5 Å². The molecule has 0 aromatic heterocycles. The van der Waals surface area contributed by atoms with Gasteiger partial charge in [0, 0.05) is 18.8 Å². The van der Waals surface area contributed by atoms with Gasteiger partial charge in [-0.1, -0.05) is 37.3 Å². The molecule has 0 aliphatic carbocycles. The highest BCUT2D eigenvalue weighted by atomic mass is 16.5. The Labute approximate surface area is 127 Å². The monoisotopic (exact) mass is 284 g/mol. The van der Waals surface area contributed by atoms with Gasteiger partial charge in [0.25, 0.3) is 0 Å². The Morgan fingerprint density at radius 3 is 2.57 bits per heavy atom. The van der Waals surface area contributed by atoms with Crippen molar-refractivity contribution in [3.8, 4) is 5.75 Å². The molecule has 3 heteroatoms. The van der Waals surface area contributed by atoms with Gasteiger partial charge < -0.3 is 10.5 Å². The van der Waals surface area contributed by atoms with Gasteiger partial charge in [-0.25, -0.2) is 0 Å². The van der Waals surface area contributed by atoms with Crippen molar-refractivity contribution in [2.45, 2.75) is 19.9 Å². The maximum Gasteiger partial charge on any atom is 0.119 e. The predicted octanol–water partition coefficient (Wildman–Crippen LogP) is 3.56. The molecule has 0 bridgehead atoms. The third-order valence-corrected chi connectivity index (χ3v) is 3.44. The zero-order chi connectivity index (χ0) is 14.9. The highest BCUT2D eigenvalue weighted by Crippen LogP contribution is 2.11. The molecule has 2 N–H and O–H groups in total. The standard InChI is InChI=1S/C18H24N2O/c1-2-20(15-16-8-6-9-17(19)14-16)12-7-13-21-18-10-4-3-5-11-18/h3-6,8-11,14H,2,7,12-13,15,19H2,1H3. The first kappa shape index (κ1) is 15.4. The lowest BCUT2D eigenvalue weighted by Crippen LogP contribution is -2.25. The van der Waals surface area contributed by atoms with Gasteiger partial charge in [0.1, 0.15) is 5.75 Å². The molecule has 0 unspecified atom stereocenters. The van der Waals surface area contributed by atoms with E-state index < -0.39 is 0 Å². The molecule has 112 valence electrons. The van der Waals surface area contributed by atoms with Gasteiger partial charge in [-0.15, -0.1) is 0 Å². The van der Waals surface area contributed by atoms with Crippen molar-refractivity contribution >= 4 is 5.69 Å². The van der Waals surface area contributed by atoms with Gasteiger partial charge in [0.15, 0.2) is 0 Å². The van der Waals surface area contributed by atoms with Crippen LogP contribution in [0.3, 0.4) is 0 Å². The van der Waals surface area contributed by atoms with E-state index in [1.54, 1.807) is 0 Å². The highest BCUT2D eigenvalue weighted by molar-refractivity contribution is 5.40. The summed E-state index contributed by atoms with van der Waals surface area (Å²) in [5.74, 6) is 0.941. The number of nitrogens with zero attached hydrogens (tertiary/aromatic N) is 1. The highest BCUT2D eigenvalue weighted by Gasteiger charge is 2.04. The van der Waals surface area contributed by atoms with Crippen molar-refractivity contribution in [1.82, 2.24) is 4.90 Å². The Kier molecular flexibility index (Phi) is 6.10. The van der Waals surface area contributed by atoms with Crippen LogP contribution in [0.1, 0.15) is 18.9 Å². The maximum absolute atomic E-state index is 5.82. The molecule has 0 atom stereocenters. The van der Waals surface area contributed by atoms with Gasteiger partial charge in [-0.05, 0) is 42.8 Å². The molecular formula is C18H24N2O. The summed E-state index contributed by atoms with van der Waals surface area (Å²) in [7, 11) is 0. The van der Waals surface area contributed by atoms with Crippen LogP contribution in [0.15, 0.2) is 54.6 Å². The van der Waals surface area contributed by atoms with Crippen molar-refractivity contribution in [1.29, 1.82) is 0 Å². The van der Waals surface area contributed by atoms with Gasteiger partial charge in [-0.3, -0.25) is 4.90 Å². The van der Waals surface area contributed by atoms with Crippen molar-refractivity contribution in [2.75, 3.05) is 25.4 Å². The van der Waals surface area contributed by atoms with Crippen molar-refractivity contribution in [3.63, 3.8) is 0 Å². The van der Waals surface area contributed by atoms with Crippen LogP contribution >= 0.6 is 0 Å². The average molecular weight is 284 g/mol. The van der Waals surface area contributed by atoms with Gasteiger partial charge in [-0.2, -0.15) is 0 Å². The maximum atomic E-state index is 5.82. The van der Waals surface area contributed by atoms with E-state index in [-0.39, 0.29) is 0 Å². The summed E-state index contributed by atoms with van der Waals surface area (Å²) in [6, 6.07) is 18.1. The minimum Gasteiger partial charge on any atom is -0.494 e. The normalized spacial score (nSPS) is 10.8. The Bertz CT molecular complexity index is 528. The molecule has 0 radical (unpaired) electrons. The van der Waals surface area contributed by atoms with Crippen LogP contribution in [-0.4, -0.2) is 24.6 Å². The minimum absolute atomic E-state index is 0.747. The van der Waals surface area contributed by atoms with Gasteiger partial charge >= 0.3 is 0 Å². The number of rotatable bonds is 8. The second kappa shape index (κ2) is 8.32. The van der Waals surface area contributed by atoms with E-state index >= 15 is 0 Å². The lowest BCUT2D eigenvalue weighted by molar-refractivity contribution is 0.236. The summed E-state index contributed by atoms with van der Waals surface area (Å²) in [6.07, 6.45) is 1.02. The predicted molar refractivity (Wildman–Crippen MR) is 88.4 cm³/mol. The van der Waals surface area contributed by atoms with Crippen LogP contribution in [0.2, 0.25) is 0 Å². The second-order valence-electron chi connectivity index (χ2n) is 5.13. The number of anilines is 1. The van der Waals surface area contributed by atoms with Crippen LogP contribution in [0.4, 0.5) is 5.69 Å². The SMILES string of the molecule is CCN(CCCOc1ccccc1)Cc1cccc(N)c1. The number of benzene rings is 2. The molecule has 0 saturated heterocycles. The van der Waals surface area contributed by atoms with E-state index in [0.717, 1.165) is 44.1 Å². The summed E-state index contributed by atoms with van der Waals surface area (Å²) >= 11 is 0. The number of nitrogen functional groups attached to an aromatic ring is 1. The summed E-state index contributed by atoms with van der Waals surface area (Å²) < 4.78 is 5.72. The molecule has 0 amide bonds. The fraction of sp³-hybridized carbons (Fsp3) is 0.333. The Morgan fingerprint density at radius 2 is 1.86 bits per heavy atom. The first-order chi connectivity index (χ1) is 10.3. The molecule has 2 aromatic carbocycles. The van der Waals surface area contributed by atoms with Crippen molar-refractivity contribution in [2.24, 2.45) is 0 Å². The largest absolute Gasteiger partial charge is 0.494 e. The summed E-state index contributed by atoms with van der Waals surface area (Å²) in [5, 5.41) is 0. The van der Waals surface area contributed by atoms with Gasteiger partial charge in [0.2, 0.25) is 0 Å². The summed E-state index contributed by atoms with van der Waals surface area (Å²) in [6.45, 7) is 5.92. The molecule has 0 fully saturated rings. The molecular weight excluding hydrogens is 260 g/mol. The number of para-hydroxylation sites is 1. The first-order valence-corrected chi connectivity index (χ1v) is 7.52. The molecule has 3 nitrogen and oxygen atoms in total. The summed E-state index contributed by atoms with van der Waals surface area (Å²) in [4.78, 5) is 2.41. The van der Waals surface area contributed by atoms with E-state index in [1.807, 2.05) is 48.5 Å². The number of hydrogen-bond donors (Lipinski definition) is 1. The molecule has 0 heterocycles. The van der Waals surface area contributed by atoms with Gasteiger partial charge in [0.05, 0.1) is 6.61 Å². The zero-order valence-corrected chi connectivity index (χ0v) is 12.7. The molecule has 2 aromatic rings. The van der Waals surface area contributed by atoms with E-state index in [2.05, 4.69) is 17.9 Å². The summed E-state index contributed by atoms with van der Waals surface area (Å²) in [5.41, 5.74) is 7.92. The molecule has 0 aliphatic heterocycles. The third kappa shape index (κ3) is 5.48. The second-order valence-corrected chi connectivity index (χ2v) is 5.13. The smallest absolute Gasteiger partial charge is 0.119 e. The Morgan fingerprint density at radius 1 is 1.05 bits per heavy atom. The van der Waals surface area contributed by atoms with Crippen molar-refractivity contribution in [3.05, 3.63) is 60.2 Å². The van der Waals surface area contributed by atoms with E-state index in [0.29, 0.717) is 0 Å². The molecule has 2 rings (SSSR count). The van der Waals surface area contributed by atoms with Crippen LogP contribution in [-0.2, 0) is 6.54 Å². The first-order valence-electron chi connectivity index (χ1n) is 7.52. The lowest BCUT2D eigenvalue weighted by atomic mass is 10.2. The molecule has 0 saturated carbocycles. The Hall–Kier alpha value is -2.00. The number of nitrogens with two attached hydrogens (primary N) is 1. The van der Waals surface area contributed by atoms with E-state index in [9.17, 15) is 0 Å². The quantitative estimate of drug-likeness (QED) is 0.595. The molecule has 0 spiro atoms. The molecule has 21 heavy (non-hydrogen) atoms. The van der Waals surface area contributed by atoms with Crippen LogP contribution in [0.25, 0.3) is 0 Å².